The highest BCUT2D eigenvalue weighted by atomic mass is 16.7. The second-order valence-electron chi connectivity index (χ2n) is 4.30. The van der Waals surface area contributed by atoms with Crippen LogP contribution in [0.1, 0.15) is 51.4 Å². The monoisotopic (exact) mass is 244 g/mol. The van der Waals surface area contributed by atoms with E-state index >= 15 is 0 Å². The fraction of sp³-hybridized carbons (Fsp3) is 0.909. The summed E-state index contributed by atoms with van der Waals surface area (Å²) in [4.78, 5) is 15.1. The average Bonchev–Trinajstić information content (AvgIpc) is 2.34. The molecule has 0 atom stereocenters. The van der Waals surface area contributed by atoms with E-state index in [2.05, 4.69) is 16.5 Å². The zero-order valence-corrected chi connectivity index (χ0v) is 10.4. The fourth-order valence-corrected chi connectivity index (χ4v) is 1.88. The topological polar surface area (TPSA) is 65.6 Å². The molecule has 6 nitrogen and oxygen atoms in total. The Morgan fingerprint density at radius 2 is 1.59 bits per heavy atom. The third kappa shape index (κ3) is 8.09. The van der Waals surface area contributed by atoms with Gasteiger partial charge in [-0.25, -0.2) is 5.43 Å². The van der Waals surface area contributed by atoms with E-state index in [4.69, 9.17) is 4.84 Å². The molecule has 1 fully saturated rings. The minimum atomic E-state index is 0.428. The molecule has 1 aliphatic heterocycles. The van der Waals surface area contributed by atoms with Crippen molar-refractivity contribution in [3.63, 3.8) is 0 Å². The lowest BCUT2D eigenvalue weighted by Gasteiger charge is -2.20. The quantitative estimate of drug-likeness (QED) is 0.630. The Balaban J connectivity index is 2.21. The first-order valence-electron chi connectivity index (χ1n) is 6.55. The molecule has 0 radical (unpaired) electrons. The molecule has 0 unspecified atom stereocenters. The van der Waals surface area contributed by atoms with E-state index in [1.165, 1.54) is 43.7 Å². The first-order valence-corrected chi connectivity index (χ1v) is 6.55. The molecule has 1 rings (SSSR count). The van der Waals surface area contributed by atoms with Crippen molar-refractivity contribution in [1.82, 2.24) is 21.7 Å². The Morgan fingerprint density at radius 1 is 0.941 bits per heavy atom. The number of hydroxylamine groups is 1. The van der Waals surface area contributed by atoms with Crippen LogP contribution in [0.25, 0.3) is 0 Å². The van der Waals surface area contributed by atoms with Gasteiger partial charge in [-0.1, -0.05) is 43.7 Å². The molecule has 0 bridgehead atoms. The third-order valence-electron chi connectivity index (χ3n) is 2.85. The van der Waals surface area contributed by atoms with Crippen molar-refractivity contribution in [2.45, 2.75) is 51.4 Å². The van der Waals surface area contributed by atoms with Gasteiger partial charge in [-0.15, -0.1) is 5.53 Å². The van der Waals surface area contributed by atoms with Gasteiger partial charge in [0, 0.05) is 6.54 Å². The Morgan fingerprint density at radius 3 is 2.29 bits per heavy atom. The molecule has 17 heavy (non-hydrogen) atoms. The highest BCUT2D eigenvalue weighted by Gasteiger charge is 2.04. The summed E-state index contributed by atoms with van der Waals surface area (Å²) in [7, 11) is 0. The van der Waals surface area contributed by atoms with E-state index < -0.39 is 0 Å². The van der Waals surface area contributed by atoms with Crippen molar-refractivity contribution >= 4 is 6.47 Å². The van der Waals surface area contributed by atoms with Gasteiger partial charge >= 0.3 is 6.47 Å². The lowest BCUT2D eigenvalue weighted by Crippen LogP contribution is -2.53. The lowest BCUT2D eigenvalue weighted by molar-refractivity contribution is -0.198. The van der Waals surface area contributed by atoms with Crippen molar-refractivity contribution in [2.75, 3.05) is 13.1 Å². The van der Waals surface area contributed by atoms with Crippen molar-refractivity contribution in [3.05, 3.63) is 0 Å². The number of rotatable bonds is 2. The van der Waals surface area contributed by atoms with Crippen LogP contribution >= 0.6 is 0 Å². The Bertz CT molecular complexity index is 178. The zero-order chi connectivity index (χ0) is 12.2. The van der Waals surface area contributed by atoms with Crippen LogP contribution in [0.2, 0.25) is 0 Å². The van der Waals surface area contributed by atoms with Crippen LogP contribution in [0.4, 0.5) is 0 Å². The summed E-state index contributed by atoms with van der Waals surface area (Å²) in [6, 6.07) is 0. The Hall–Kier alpha value is -0.690. The molecule has 1 saturated heterocycles. The molecule has 0 spiro atoms. The molecule has 6 heteroatoms. The number of carbonyl (C=O) groups excluding carboxylic acids is 1. The summed E-state index contributed by atoms with van der Waals surface area (Å²) in [6.45, 7) is 2.02. The molecule has 1 aliphatic rings. The SMILES string of the molecule is O=CON1CCCCCCCCCCNNN1. The largest absolute Gasteiger partial charge is 0.355 e. The summed E-state index contributed by atoms with van der Waals surface area (Å²) >= 11 is 0. The Labute approximate surface area is 103 Å². The number of carbonyl (C=O) groups is 1. The van der Waals surface area contributed by atoms with Crippen LogP contribution in [-0.2, 0) is 9.63 Å². The van der Waals surface area contributed by atoms with Crippen molar-refractivity contribution < 1.29 is 9.63 Å². The maximum absolute atomic E-state index is 10.3. The number of hydrazine groups is 3. The molecule has 1 heterocycles. The molecule has 0 amide bonds. The van der Waals surface area contributed by atoms with Crippen molar-refractivity contribution in [3.8, 4) is 0 Å². The Kier molecular flexibility index (Phi) is 8.85. The summed E-state index contributed by atoms with van der Waals surface area (Å²) < 4.78 is 0. The van der Waals surface area contributed by atoms with Gasteiger partial charge in [0.05, 0.1) is 6.54 Å². The predicted molar refractivity (Wildman–Crippen MR) is 65.1 cm³/mol. The predicted octanol–water partition coefficient (Wildman–Crippen LogP) is 1.02. The second-order valence-corrected chi connectivity index (χ2v) is 4.30. The molecule has 0 saturated carbocycles. The van der Waals surface area contributed by atoms with E-state index in [0.29, 0.717) is 13.0 Å². The molecule has 0 aromatic carbocycles. The minimum absolute atomic E-state index is 0.428. The van der Waals surface area contributed by atoms with E-state index in [-0.39, 0.29) is 0 Å². The highest BCUT2D eigenvalue weighted by molar-refractivity contribution is 5.36. The normalized spacial score (nSPS) is 22.6. The van der Waals surface area contributed by atoms with E-state index in [0.717, 1.165) is 19.4 Å². The first kappa shape index (κ1) is 14.4. The summed E-state index contributed by atoms with van der Waals surface area (Å²) in [5.74, 6) is 0. The zero-order valence-electron chi connectivity index (χ0n) is 10.4. The van der Waals surface area contributed by atoms with Crippen molar-refractivity contribution in [2.24, 2.45) is 0 Å². The standard InChI is InChI=1S/C11H24N4O2/c16-11-17-15-10-8-6-4-2-1-3-5-7-9-12-13-14-15/h11-14H,1-10H2. The van der Waals surface area contributed by atoms with Crippen LogP contribution in [0, 0.1) is 0 Å². The molecular formula is C11H24N4O2. The van der Waals surface area contributed by atoms with Gasteiger partial charge in [-0.3, -0.25) is 4.79 Å². The molecule has 0 aliphatic carbocycles. The van der Waals surface area contributed by atoms with Gasteiger partial charge in [-0.05, 0) is 12.8 Å². The maximum Gasteiger partial charge on any atom is 0.314 e. The number of nitrogens with one attached hydrogen (secondary N) is 3. The smallest absolute Gasteiger partial charge is 0.314 e. The minimum Gasteiger partial charge on any atom is -0.355 e. The number of hydrogen-bond acceptors (Lipinski definition) is 6. The van der Waals surface area contributed by atoms with E-state index in [1.807, 2.05) is 0 Å². The van der Waals surface area contributed by atoms with Crippen LogP contribution in [0.5, 0.6) is 0 Å². The molecule has 100 valence electrons. The van der Waals surface area contributed by atoms with Gasteiger partial charge < -0.3 is 4.84 Å². The van der Waals surface area contributed by atoms with Crippen LogP contribution in [0.15, 0.2) is 0 Å². The first-order chi connectivity index (χ1) is 8.43. The van der Waals surface area contributed by atoms with Gasteiger partial charge in [0.25, 0.3) is 0 Å². The highest BCUT2D eigenvalue weighted by Crippen LogP contribution is 2.08. The lowest BCUT2D eigenvalue weighted by atomic mass is 10.1. The summed E-state index contributed by atoms with van der Waals surface area (Å²) in [5, 5.41) is 1.41. The maximum atomic E-state index is 10.3. The molecule has 3 N–H and O–H groups in total. The molecular weight excluding hydrogens is 220 g/mol. The summed E-state index contributed by atoms with van der Waals surface area (Å²) in [6.07, 6.45) is 9.85. The van der Waals surface area contributed by atoms with Crippen LogP contribution in [0.3, 0.4) is 0 Å². The van der Waals surface area contributed by atoms with Gasteiger partial charge in [0.15, 0.2) is 0 Å². The third-order valence-corrected chi connectivity index (χ3v) is 2.85. The number of nitrogens with zero attached hydrogens (tertiary/aromatic N) is 1. The van der Waals surface area contributed by atoms with Gasteiger partial charge in [-0.2, -0.15) is 5.53 Å². The average molecular weight is 244 g/mol. The van der Waals surface area contributed by atoms with E-state index in [1.54, 1.807) is 0 Å². The van der Waals surface area contributed by atoms with Crippen LogP contribution < -0.4 is 16.5 Å². The number of hydrogen-bond donors (Lipinski definition) is 3. The molecule has 0 aromatic rings. The van der Waals surface area contributed by atoms with Gasteiger partial charge in [0.2, 0.25) is 0 Å². The van der Waals surface area contributed by atoms with E-state index in [9.17, 15) is 4.79 Å². The summed E-state index contributed by atoms with van der Waals surface area (Å²) in [5.41, 5.74) is 8.64. The van der Waals surface area contributed by atoms with Crippen LogP contribution in [-0.4, -0.2) is 24.7 Å². The van der Waals surface area contributed by atoms with Crippen molar-refractivity contribution in [1.29, 1.82) is 0 Å². The van der Waals surface area contributed by atoms with Gasteiger partial charge in [0.1, 0.15) is 0 Å². The second kappa shape index (κ2) is 10.5. The fourth-order valence-electron chi connectivity index (χ4n) is 1.88. The molecule has 0 aromatic heterocycles.